The van der Waals surface area contributed by atoms with Crippen LogP contribution in [0.5, 0.6) is 0 Å². The Morgan fingerprint density at radius 1 is 0.448 bits per heavy atom. The van der Waals surface area contributed by atoms with Gasteiger partial charge in [-0.15, -0.1) is 11.3 Å². The fourth-order valence-electron chi connectivity index (χ4n) is 11.2. The van der Waals surface area contributed by atoms with Gasteiger partial charge in [0.25, 0.3) is 0 Å². The Hall–Kier alpha value is -8.18. The number of aromatic nitrogens is 1. The van der Waals surface area contributed by atoms with Crippen molar-refractivity contribution in [3.63, 3.8) is 0 Å². The number of furan rings is 1. The zero-order chi connectivity index (χ0) is 44.4. The average molecular weight is 875 g/mol. The van der Waals surface area contributed by atoms with Gasteiger partial charge in [-0.05, 0) is 116 Å². The standard InChI is InChI=1S/C63H42N2OS/c1-63(2)53-36-43(48-21-13-23-58-61(48)65-55-22-12-11-20-51(55)59(62(65)67-58)42-17-7-4-8-18-42)26-32-49(53)50-33-30-45(37-54(50)63)64(44-28-24-40(25-29-44)39-14-5-3-6-15-39)46-31-34-52-57(38-46)66-56-35-27-41-16-9-10-19-47(41)60(52)56/h3-38H,1-2H3. The quantitative estimate of drug-likeness (QED) is 0.166. The summed E-state index contributed by atoms with van der Waals surface area (Å²) in [5.41, 5.74) is 19.9. The number of para-hydroxylation sites is 2. The van der Waals surface area contributed by atoms with Gasteiger partial charge in [0.2, 0.25) is 0 Å². The van der Waals surface area contributed by atoms with Crippen LogP contribution in [0.1, 0.15) is 25.0 Å². The van der Waals surface area contributed by atoms with E-state index in [0.717, 1.165) is 39.0 Å². The molecular formula is C63H42N2OS. The van der Waals surface area contributed by atoms with Gasteiger partial charge in [0.15, 0.2) is 0 Å². The van der Waals surface area contributed by atoms with Crippen LogP contribution in [0, 0.1) is 0 Å². The van der Waals surface area contributed by atoms with Gasteiger partial charge in [0, 0.05) is 55.8 Å². The summed E-state index contributed by atoms with van der Waals surface area (Å²) in [6.07, 6.45) is 0. The van der Waals surface area contributed by atoms with E-state index in [2.05, 4.69) is 242 Å². The molecule has 1 aliphatic rings. The average Bonchev–Trinajstić information content (AvgIpc) is 4.10. The normalized spacial score (nSPS) is 13.0. The van der Waals surface area contributed by atoms with Crippen LogP contribution in [0.3, 0.4) is 0 Å². The number of rotatable bonds is 6. The number of benzene rings is 10. The summed E-state index contributed by atoms with van der Waals surface area (Å²) < 4.78 is 10.5. The predicted octanol–water partition coefficient (Wildman–Crippen LogP) is 18.1. The van der Waals surface area contributed by atoms with Crippen molar-refractivity contribution in [2.24, 2.45) is 0 Å². The highest BCUT2D eigenvalue weighted by atomic mass is 32.1. The van der Waals surface area contributed by atoms with Gasteiger partial charge in [-0.25, -0.2) is 0 Å². The summed E-state index contributed by atoms with van der Waals surface area (Å²) in [5.74, 6) is 0. The first-order chi connectivity index (χ1) is 33.0. The Balaban J connectivity index is 0.901. The molecule has 3 heterocycles. The third-order valence-corrected chi connectivity index (χ3v) is 15.5. The maximum atomic E-state index is 6.66. The van der Waals surface area contributed by atoms with Gasteiger partial charge in [-0.3, -0.25) is 4.40 Å². The predicted molar refractivity (Wildman–Crippen MR) is 284 cm³/mol. The van der Waals surface area contributed by atoms with Crippen LogP contribution in [0.2, 0.25) is 0 Å². The van der Waals surface area contributed by atoms with Crippen molar-refractivity contribution in [1.82, 2.24) is 4.40 Å². The SMILES string of the molecule is CC1(C)c2cc(-c3cccc4sc5c(-c6ccccc6)c6ccccc6n5c34)ccc2-c2ccc(N(c3ccc(-c4ccccc4)cc3)c3ccc4c(c3)oc3ccc5ccccc5c34)cc21. The van der Waals surface area contributed by atoms with Crippen molar-refractivity contribution in [1.29, 1.82) is 0 Å². The minimum Gasteiger partial charge on any atom is -0.456 e. The second-order valence-electron chi connectivity index (χ2n) is 18.5. The lowest BCUT2D eigenvalue weighted by Crippen LogP contribution is -2.16. The number of nitrogens with zero attached hydrogens (tertiary/aromatic N) is 2. The zero-order valence-corrected chi connectivity index (χ0v) is 37.8. The van der Waals surface area contributed by atoms with Crippen LogP contribution < -0.4 is 4.90 Å². The van der Waals surface area contributed by atoms with E-state index in [4.69, 9.17) is 4.42 Å². The second-order valence-corrected chi connectivity index (χ2v) is 19.5. The molecule has 3 nitrogen and oxygen atoms in total. The van der Waals surface area contributed by atoms with Crippen LogP contribution >= 0.6 is 11.3 Å². The monoisotopic (exact) mass is 874 g/mol. The van der Waals surface area contributed by atoms with Crippen LogP contribution in [-0.4, -0.2) is 4.40 Å². The number of thiazole rings is 1. The lowest BCUT2D eigenvalue weighted by molar-refractivity contribution is 0.660. The maximum absolute atomic E-state index is 6.66. The van der Waals surface area contributed by atoms with Gasteiger partial charge in [0.05, 0.1) is 15.7 Å². The Morgan fingerprint density at radius 3 is 1.91 bits per heavy atom. The molecule has 14 rings (SSSR count). The van der Waals surface area contributed by atoms with E-state index < -0.39 is 0 Å². The lowest BCUT2D eigenvalue weighted by atomic mass is 9.81. The number of hydrogen-bond donors (Lipinski definition) is 0. The van der Waals surface area contributed by atoms with E-state index in [-0.39, 0.29) is 5.41 Å². The summed E-state index contributed by atoms with van der Waals surface area (Å²) in [5, 5.41) is 5.98. The number of anilines is 3. The molecule has 10 aromatic carbocycles. The van der Waals surface area contributed by atoms with Crippen molar-refractivity contribution < 1.29 is 4.42 Å². The van der Waals surface area contributed by atoms with E-state index in [1.54, 1.807) is 0 Å². The Morgan fingerprint density at radius 2 is 1.09 bits per heavy atom. The fourth-order valence-corrected chi connectivity index (χ4v) is 12.4. The highest BCUT2D eigenvalue weighted by molar-refractivity contribution is 7.24. The van der Waals surface area contributed by atoms with Crippen LogP contribution in [0.25, 0.3) is 103 Å². The Labute approximate surface area is 392 Å². The number of hydrogen-bond acceptors (Lipinski definition) is 3. The molecule has 0 aliphatic heterocycles. The Kier molecular flexibility index (Phi) is 8.20. The fraction of sp³-hybridized carbons (Fsp3) is 0.0476. The molecule has 316 valence electrons. The first kappa shape index (κ1) is 38.1. The summed E-state index contributed by atoms with van der Waals surface area (Å²) in [6, 6.07) is 79.9. The summed E-state index contributed by atoms with van der Waals surface area (Å²) in [7, 11) is 0. The van der Waals surface area contributed by atoms with Gasteiger partial charge in [0.1, 0.15) is 16.0 Å². The van der Waals surface area contributed by atoms with E-state index in [0.29, 0.717) is 0 Å². The minimum atomic E-state index is -0.262. The molecule has 1 aliphatic carbocycles. The third kappa shape index (κ3) is 5.70. The molecule has 4 heteroatoms. The van der Waals surface area contributed by atoms with Crippen molar-refractivity contribution in [3.8, 4) is 44.5 Å². The smallest absolute Gasteiger partial charge is 0.137 e. The van der Waals surface area contributed by atoms with Gasteiger partial charge in [-0.1, -0.05) is 166 Å². The molecule has 0 spiro atoms. The topological polar surface area (TPSA) is 20.8 Å². The van der Waals surface area contributed by atoms with Crippen LogP contribution in [0.15, 0.2) is 223 Å². The molecule has 0 fully saturated rings. The largest absolute Gasteiger partial charge is 0.456 e. The van der Waals surface area contributed by atoms with Gasteiger partial charge in [-0.2, -0.15) is 0 Å². The van der Waals surface area contributed by atoms with E-state index in [1.807, 2.05) is 11.3 Å². The van der Waals surface area contributed by atoms with Gasteiger partial charge >= 0.3 is 0 Å². The molecule has 13 aromatic rings. The van der Waals surface area contributed by atoms with Crippen LogP contribution in [-0.2, 0) is 5.41 Å². The molecule has 0 atom stereocenters. The first-order valence-electron chi connectivity index (χ1n) is 23.1. The Bertz CT molecular complexity index is 4120. The third-order valence-electron chi connectivity index (χ3n) is 14.4. The highest BCUT2D eigenvalue weighted by Gasteiger charge is 2.37. The molecule has 0 amide bonds. The summed E-state index contributed by atoms with van der Waals surface area (Å²) >= 11 is 1.89. The lowest BCUT2D eigenvalue weighted by Gasteiger charge is -2.28. The molecule has 0 saturated heterocycles. The highest BCUT2D eigenvalue weighted by Crippen LogP contribution is 2.53. The van der Waals surface area contributed by atoms with Crippen molar-refractivity contribution in [3.05, 3.63) is 230 Å². The summed E-state index contributed by atoms with van der Waals surface area (Å²) in [6.45, 7) is 4.79. The minimum absolute atomic E-state index is 0.262. The van der Waals surface area contributed by atoms with E-state index >= 15 is 0 Å². The molecule has 0 N–H and O–H groups in total. The molecule has 67 heavy (non-hydrogen) atoms. The maximum Gasteiger partial charge on any atom is 0.137 e. The second kappa shape index (κ2) is 14.4. The molecular weight excluding hydrogens is 833 g/mol. The zero-order valence-electron chi connectivity index (χ0n) is 37.0. The number of fused-ring (bicyclic) bond motifs is 13. The molecule has 0 saturated carbocycles. The molecule has 3 aromatic heterocycles. The van der Waals surface area contributed by atoms with Gasteiger partial charge < -0.3 is 9.32 Å². The van der Waals surface area contributed by atoms with Crippen molar-refractivity contribution in [2.45, 2.75) is 19.3 Å². The van der Waals surface area contributed by atoms with E-state index in [9.17, 15) is 0 Å². The summed E-state index contributed by atoms with van der Waals surface area (Å²) in [4.78, 5) is 3.67. The molecule has 0 bridgehead atoms. The first-order valence-corrected chi connectivity index (χ1v) is 23.9. The molecule has 0 unspecified atom stereocenters. The molecule has 0 radical (unpaired) electrons. The van der Waals surface area contributed by atoms with Crippen molar-refractivity contribution in [2.75, 3.05) is 4.90 Å². The van der Waals surface area contributed by atoms with Crippen LogP contribution in [0.4, 0.5) is 17.1 Å². The van der Waals surface area contributed by atoms with Crippen molar-refractivity contribution >= 4 is 87.1 Å². The van der Waals surface area contributed by atoms with E-state index in [1.165, 1.54) is 92.4 Å².